The van der Waals surface area contributed by atoms with E-state index in [1.54, 1.807) is 15.4 Å². The van der Waals surface area contributed by atoms with Crippen LogP contribution in [-0.2, 0) is 7.05 Å². The third-order valence-corrected chi connectivity index (χ3v) is 5.24. The Morgan fingerprint density at radius 1 is 1.06 bits per heavy atom. The lowest BCUT2D eigenvalue weighted by Crippen LogP contribution is -2.43. The van der Waals surface area contributed by atoms with E-state index in [0.29, 0.717) is 5.56 Å². The average molecular weight is 457 g/mol. The molecule has 4 aromatic rings. The molecule has 31 heavy (non-hydrogen) atoms. The number of halogens is 2. The highest BCUT2D eigenvalue weighted by Crippen LogP contribution is 2.31. The van der Waals surface area contributed by atoms with Crippen molar-refractivity contribution in [3.8, 4) is 28.5 Å². The molecule has 160 valence electrons. The molecule has 5 heterocycles. The SMILES string of the molecule is Cl.Cl.Cn1ccc(-c2cc(-c3ccc(N4CCNCC4)nc3)c3c(C#N)cnn3c2)n1. The molecule has 0 saturated carbocycles. The summed E-state index contributed by atoms with van der Waals surface area (Å²) in [6.07, 6.45) is 7.30. The van der Waals surface area contributed by atoms with E-state index in [-0.39, 0.29) is 24.8 Å². The molecule has 0 amide bonds. The Kier molecular flexibility index (Phi) is 6.81. The van der Waals surface area contributed by atoms with Gasteiger partial charge in [0.1, 0.15) is 11.9 Å². The lowest BCUT2D eigenvalue weighted by atomic mass is 10.0. The predicted octanol–water partition coefficient (Wildman–Crippen LogP) is 2.92. The molecule has 1 aliphatic rings. The van der Waals surface area contributed by atoms with Crippen LogP contribution in [0.3, 0.4) is 0 Å². The van der Waals surface area contributed by atoms with Crippen molar-refractivity contribution >= 4 is 36.1 Å². The second-order valence-electron chi connectivity index (χ2n) is 7.12. The lowest BCUT2D eigenvalue weighted by Gasteiger charge is -2.28. The monoisotopic (exact) mass is 456 g/mol. The van der Waals surface area contributed by atoms with E-state index < -0.39 is 0 Å². The highest BCUT2D eigenvalue weighted by atomic mass is 35.5. The molecule has 4 aromatic heterocycles. The summed E-state index contributed by atoms with van der Waals surface area (Å²) in [6, 6.07) is 10.4. The zero-order chi connectivity index (χ0) is 19.8. The minimum Gasteiger partial charge on any atom is -0.354 e. The van der Waals surface area contributed by atoms with Gasteiger partial charge < -0.3 is 10.2 Å². The molecule has 0 unspecified atom stereocenters. The van der Waals surface area contributed by atoms with Crippen LogP contribution in [0.2, 0.25) is 0 Å². The van der Waals surface area contributed by atoms with Gasteiger partial charge in [-0.3, -0.25) is 4.68 Å². The maximum atomic E-state index is 9.55. The molecule has 5 rings (SSSR count). The van der Waals surface area contributed by atoms with Gasteiger partial charge >= 0.3 is 0 Å². The normalized spacial score (nSPS) is 13.4. The summed E-state index contributed by atoms with van der Waals surface area (Å²) in [4.78, 5) is 6.98. The average Bonchev–Trinajstić information content (AvgIpc) is 3.40. The molecule has 10 heteroatoms. The number of anilines is 1. The van der Waals surface area contributed by atoms with E-state index in [2.05, 4.69) is 38.6 Å². The molecule has 8 nitrogen and oxygen atoms in total. The summed E-state index contributed by atoms with van der Waals surface area (Å²) in [7, 11) is 1.89. The smallest absolute Gasteiger partial charge is 0.128 e. The molecule has 0 radical (unpaired) electrons. The van der Waals surface area contributed by atoms with Gasteiger partial charge in [0.05, 0.1) is 23.0 Å². The van der Waals surface area contributed by atoms with E-state index in [0.717, 1.165) is 59.9 Å². The van der Waals surface area contributed by atoms with Crippen molar-refractivity contribution in [3.63, 3.8) is 0 Å². The number of fused-ring (bicyclic) bond motifs is 1. The molecule has 1 N–H and O–H groups in total. The van der Waals surface area contributed by atoms with Crippen molar-refractivity contribution < 1.29 is 0 Å². The molecule has 1 aliphatic heterocycles. The number of nitrogens with one attached hydrogen (secondary N) is 1. The van der Waals surface area contributed by atoms with Gasteiger partial charge in [-0.25, -0.2) is 9.50 Å². The van der Waals surface area contributed by atoms with Crippen LogP contribution in [0.25, 0.3) is 27.9 Å². The van der Waals surface area contributed by atoms with Crippen molar-refractivity contribution in [1.29, 1.82) is 5.26 Å². The van der Waals surface area contributed by atoms with Gasteiger partial charge in [0.2, 0.25) is 0 Å². The first-order chi connectivity index (χ1) is 14.2. The minimum absolute atomic E-state index is 0. The zero-order valence-corrected chi connectivity index (χ0v) is 18.5. The van der Waals surface area contributed by atoms with Gasteiger partial charge in [-0.05, 0) is 24.3 Å². The fraction of sp³-hybridized carbons (Fsp3) is 0.238. The van der Waals surface area contributed by atoms with Gasteiger partial charge in [0.25, 0.3) is 0 Å². The van der Waals surface area contributed by atoms with Crippen LogP contribution in [0.15, 0.2) is 49.1 Å². The van der Waals surface area contributed by atoms with Crippen molar-refractivity contribution in [1.82, 2.24) is 29.7 Å². The molecule has 0 aromatic carbocycles. The number of nitrogens with zero attached hydrogens (tertiary/aromatic N) is 7. The molecule has 0 atom stereocenters. The maximum Gasteiger partial charge on any atom is 0.128 e. The lowest BCUT2D eigenvalue weighted by molar-refractivity contribution is 0.585. The Labute approximate surface area is 192 Å². The summed E-state index contributed by atoms with van der Waals surface area (Å²) in [5, 5.41) is 21.8. The standard InChI is InChI=1S/C21H20N8.2ClH/c1-27-7-4-19(26-27)16-10-18(21-17(11-22)13-25-29(21)14-16)15-2-3-20(24-12-15)28-8-5-23-6-9-28;;/h2-4,7,10,12-14,23H,5-6,8-9H2,1H3;2*1H. The van der Waals surface area contributed by atoms with Crippen LogP contribution < -0.4 is 10.2 Å². The van der Waals surface area contributed by atoms with Crippen LogP contribution in [0, 0.1) is 11.3 Å². The van der Waals surface area contributed by atoms with Crippen molar-refractivity contribution in [2.24, 2.45) is 7.05 Å². The number of piperazine rings is 1. The molecular weight excluding hydrogens is 435 g/mol. The Morgan fingerprint density at radius 3 is 2.52 bits per heavy atom. The number of pyridine rings is 2. The van der Waals surface area contributed by atoms with Crippen molar-refractivity contribution in [2.75, 3.05) is 31.1 Å². The number of aryl methyl sites for hydroxylation is 1. The Balaban J connectivity index is 0.00000136. The van der Waals surface area contributed by atoms with Crippen LogP contribution >= 0.6 is 24.8 Å². The Morgan fingerprint density at radius 2 is 1.87 bits per heavy atom. The second kappa shape index (κ2) is 9.35. The van der Waals surface area contributed by atoms with Crippen molar-refractivity contribution in [3.05, 3.63) is 54.6 Å². The number of hydrogen-bond donors (Lipinski definition) is 1. The quantitative estimate of drug-likeness (QED) is 0.509. The largest absolute Gasteiger partial charge is 0.354 e. The fourth-order valence-electron chi connectivity index (χ4n) is 3.76. The second-order valence-corrected chi connectivity index (χ2v) is 7.12. The summed E-state index contributed by atoms with van der Waals surface area (Å²) >= 11 is 0. The molecule has 1 fully saturated rings. The fourth-order valence-corrected chi connectivity index (χ4v) is 3.76. The Hall–Kier alpha value is -3.12. The van der Waals surface area contributed by atoms with Gasteiger partial charge in [0, 0.05) is 68.5 Å². The minimum atomic E-state index is 0. The summed E-state index contributed by atoms with van der Waals surface area (Å²) in [5.74, 6) is 0.973. The van der Waals surface area contributed by atoms with Crippen LogP contribution in [0.1, 0.15) is 5.56 Å². The van der Waals surface area contributed by atoms with Crippen LogP contribution in [-0.4, -0.2) is 50.6 Å². The summed E-state index contributed by atoms with van der Waals surface area (Å²) in [6.45, 7) is 3.84. The first-order valence-electron chi connectivity index (χ1n) is 9.56. The molecular formula is C21H22Cl2N8. The number of rotatable bonds is 3. The molecule has 1 saturated heterocycles. The van der Waals surface area contributed by atoms with E-state index >= 15 is 0 Å². The first kappa shape index (κ1) is 22.6. The van der Waals surface area contributed by atoms with Gasteiger partial charge in [-0.1, -0.05) is 0 Å². The molecule has 0 spiro atoms. The zero-order valence-electron chi connectivity index (χ0n) is 16.9. The van der Waals surface area contributed by atoms with Crippen LogP contribution in [0.4, 0.5) is 5.82 Å². The van der Waals surface area contributed by atoms with E-state index in [1.165, 1.54) is 0 Å². The third kappa shape index (κ3) is 4.21. The van der Waals surface area contributed by atoms with Gasteiger partial charge in [-0.2, -0.15) is 15.5 Å². The van der Waals surface area contributed by atoms with E-state index in [4.69, 9.17) is 4.98 Å². The number of aromatic nitrogens is 5. The van der Waals surface area contributed by atoms with Crippen molar-refractivity contribution in [2.45, 2.75) is 0 Å². The van der Waals surface area contributed by atoms with Crippen LogP contribution in [0.5, 0.6) is 0 Å². The highest BCUT2D eigenvalue weighted by molar-refractivity contribution is 5.87. The maximum absolute atomic E-state index is 9.55. The third-order valence-electron chi connectivity index (χ3n) is 5.24. The summed E-state index contributed by atoms with van der Waals surface area (Å²) in [5.41, 5.74) is 4.98. The first-order valence-corrected chi connectivity index (χ1v) is 9.56. The van der Waals surface area contributed by atoms with Gasteiger partial charge in [0.15, 0.2) is 0 Å². The van der Waals surface area contributed by atoms with E-state index in [1.807, 2.05) is 37.8 Å². The van der Waals surface area contributed by atoms with E-state index in [9.17, 15) is 5.26 Å². The van der Waals surface area contributed by atoms with Gasteiger partial charge in [-0.15, -0.1) is 24.8 Å². The summed E-state index contributed by atoms with van der Waals surface area (Å²) < 4.78 is 3.52. The molecule has 0 aliphatic carbocycles. The topological polar surface area (TPSA) is 87.1 Å². The molecule has 0 bridgehead atoms. The highest BCUT2D eigenvalue weighted by Gasteiger charge is 2.16. The number of nitriles is 1. The Bertz CT molecular complexity index is 1220. The number of hydrogen-bond acceptors (Lipinski definition) is 6. The predicted molar refractivity (Wildman–Crippen MR) is 125 cm³/mol.